The van der Waals surface area contributed by atoms with Crippen molar-refractivity contribution in [1.29, 1.82) is 0 Å². The van der Waals surface area contributed by atoms with E-state index in [1.807, 2.05) is 24.3 Å². The van der Waals surface area contributed by atoms with Crippen molar-refractivity contribution in [3.63, 3.8) is 0 Å². The topological polar surface area (TPSA) is 80.3 Å². The normalized spacial score (nSPS) is 12.2. The molecule has 0 aromatic rings. The predicted octanol–water partition coefficient (Wildman–Crippen LogP) is 4.56. The van der Waals surface area contributed by atoms with E-state index in [1.165, 1.54) is 0 Å². The number of rotatable bonds is 19. The molecule has 0 aliphatic carbocycles. The number of allylic oxidation sites excluding steroid dienone is 4. The van der Waals surface area contributed by atoms with Gasteiger partial charge in [0.05, 0.1) is 6.42 Å². The summed E-state index contributed by atoms with van der Waals surface area (Å²) in [7, 11) is 0. The summed E-state index contributed by atoms with van der Waals surface area (Å²) in [5.74, 6) is -1.53. The van der Waals surface area contributed by atoms with Crippen LogP contribution in [-0.2, 0) is 33.9 Å². The second-order valence-electron chi connectivity index (χ2n) is 5.96. The Morgan fingerprint density at radius 1 is 0.828 bits per heavy atom. The molecule has 29 heavy (non-hydrogen) atoms. The zero-order valence-electron chi connectivity index (χ0n) is 17.4. The second kappa shape index (κ2) is 20.5. The second-order valence-corrected chi connectivity index (χ2v) is 5.96. The van der Waals surface area contributed by atoms with E-state index in [1.54, 1.807) is 19.1 Å². The lowest BCUT2D eigenvalue weighted by Crippen LogP contribution is -2.30. The first-order valence-corrected chi connectivity index (χ1v) is 9.94. The Kier molecular flexibility index (Phi) is 18.9. The van der Waals surface area contributed by atoms with Crippen LogP contribution in [0.3, 0.4) is 0 Å². The van der Waals surface area contributed by atoms with Crippen LogP contribution in [0.1, 0.15) is 51.9 Å². The third kappa shape index (κ3) is 17.6. The summed E-state index contributed by atoms with van der Waals surface area (Å²) >= 11 is 0. The molecule has 0 bridgehead atoms. The highest BCUT2D eigenvalue weighted by Crippen LogP contribution is 2.05. The third-order valence-electron chi connectivity index (χ3n) is 3.50. The molecule has 0 saturated carbocycles. The maximum Gasteiger partial charge on any atom is 0.371 e. The van der Waals surface area contributed by atoms with Crippen LogP contribution in [0, 0.1) is 0 Å². The number of hydrogen-bond acceptors (Lipinski definition) is 7. The van der Waals surface area contributed by atoms with E-state index in [0.717, 1.165) is 38.5 Å². The van der Waals surface area contributed by atoms with Gasteiger partial charge in [0.15, 0.2) is 6.10 Å². The van der Waals surface area contributed by atoms with E-state index in [0.29, 0.717) is 0 Å². The van der Waals surface area contributed by atoms with Crippen LogP contribution >= 0.6 is 0 Å². The Bertz CT molecular complexity index is 511. The summed E-state index contributed by atoms with van der Waals surface area (Å²) in [4.78, 5) is 42.7. The van der Waals surface area contributed by atoms with Gasteiger partial charge in [-0.05, 0) is 45.4 Å². The van der Waals surface area contributed by atoms with Crippen molar-refractivity contribution in [3.8, 4) is 0 Å². The highest BCUT2D eigenvalue weighted by atomic mass is 17.2. The van der Waals surface area contributed by atoms with E-state index in [4.69, 9.17) is 14.5 Å². The van der Waals surface area contributed by atoms with Gasteiger partial charge in [0.1, 0.15) is 13.2 Å². The van der Waals surface area contributed by atoms with Crippen molar-refractivity contribution >= 4 is 11.9 Å². The molecule has 1 unspecified atom stereocenters. The lowest BCUT2D eigenvalue weighted by molar-refractivity contribution is -0.279. The summed E-state index contributed by atoms with van der Waals surface area (Å²) in [5.41, 5.74) is 0. The van der Waals surface area contributed by atoms with Gasteiger partial charge in [0.25, 0.3) is 0 Å². The molecule has 0 aliphatic heterocycles. The molecule has 164 valence electrons. The minimum atomic E-state index is -1.12. The van der Waals surface area contributed by atoms with Crippen LogP contribution in [0.4, 0.5) is 0 Å². The summed E-state index contributed by atoms with van der Waals surface area (Å²) in [6.45, 7) is 9.48. The summed E-state index contributed by atoms with van der Waals surface area (Å²) in [6, 6.07) is 0. The van der Waals surface area contributed by atoms with Crippen LogP contribution in [0.15, 0.2) is 49.6 Å². The van der Waals surface area contributed by atoms with Gasteiger partial charge in [-0.25, -0.2) is 9.59 Å². The van der Waals surface area contributed by atoms with E-state index in [-0.39, 0.29) is 26.2 Å². The van der Waals surface area contributed by atoms with Crippen LogP contribution in [0.2, 0.25) is 0 Å². The van der Waals surface area contributed by atoms with Gasteiger partial charge in [-0.3, -0.25) is 9.78 Å². The fourth-order valence-corrected chi connectivity index (χ4v) is 2.05. The maximum atomic E-state index is 12.0. The van der Waals surface area contributed by atoms with Gasteiger partial charge in [-0.1, -0.05) is 36.5 Å². The first kappa shape index (κ1) is 26.8. The molecular formula is C22H34O7. The minimum Gasteiger partial charge on any atom is -0.366 e. The standard InChI is InChI=1S/C22H34O7/c1-4-7-9-11-13-15-17-26-28-21(23)19-20(25-6-3)22(24)29-27-18-16-14-12-10-8-5-2/h4-5,13-16,20H,1-2,6-12,17-19H2,3H3. The van der Waals surface area contributed by atoms with E-state index in [2.05, 4.69) is 22.9 Å². The maximum absolute atomic E-state index is 12.0. The molecule has 0 aromatic heterocycles. The Morgan fingerprint density at radius 3 is 1.90 bits per heavy atom. The first-order valence-electron chi connectivity index (χ1n) is 9.94. The highest BCUT2D eigenvalue weighted by molar-refractivity contribution is 5.81. The minimum absolute atomic E-state index is 0.116. The van der Waals surface area contributed by atoms with Crippen LogP contribution < -0.4 is 0 Å². The predicted molar refractivity (Wildman–Crippen MR) is 110 cm³/mol. The van der Waals surface area contributed by atoms with Crippen molar-refractivity contribution in [3.05, 3.63) is 49.6 Å². The first-order chi connectivity index (χ1) is 14.2. The summed E-state index contributed by atoms with van der Waals surface area (Å²) in [6.07, 6.45) is 15.3. The SMILES string of the molecule is C=CCCCC=CCOOC(=O)CC(OCC)C(=O)OOCC=CCCCC=C. The molecule has 0 N–H and O–H groups in total. The van der Waals surface area contributed by atoms with Crippen LogP contribution in [0.25, 0.3) is 0 Å². The monoisotopic (exact) mass is 410 g/mol. The van der Waals surface area contributed by atoms with Gasteiger partial charge < -0.3 is 4.74 Å². The van der Waals surface area contributed by atoms with Crippen molar-refractivity contribution in [2.45, 2.75) is 58.0 Å². The Hall–Kier alpha value is -2.22. The Balaban J connectivity index is 4.02. The van der Waals surface area contributed by atoms with Crippen molar-refractivity contribution in [2.24, 2.45) is 0 Å². The van der Waals surface area contributed by atoms with Crippen LogP contribution in [0.5, 0.6) is 0 Å². The fourth-order valence-electron chi connectivity index (χ4n) is 2.05. The smallest absolute Gasteiger partial charge is 0.366 e. The van der Waals surface area contributed by atoms with E-state index < -0.39 is 18.0 Å². The van der Waals surface area contributed by atoms with Gasteiger partial charge >= 0.3 is 11.9 Å². The zero-order chi connectivity index (χ0) is 21.6. The lowest BCUT2D eigenvalue weighted by atomic mass is 10.2. The van der Waals surface area contributed by atoms with E-state index in [9.17, 15) is 9.59 Å². The molecule has 1 atom stereocenters. The number of unbranched alkanes of at least 4 members (excludes halogenated alkanes) is 4. The van der Waals surface area contributed by atoms with E-state index >= 15 is 0 Å². The molecule has 0 aromatic carbocycles. The number of carbonyl (C=O) groups is 2. The largest absolute Gasteiger partial charge is 0.371 e. The molecule has 0 fully saturated rings. The number of hydrogen-bond donors (Lipinski definition) is 0. The number of carbonyl (C=O) groups excluding carboxylic acids is 2. The lowest BCUT2D eigenvalue weighted by Gasteiger charge is -2.13. The molecule has 0 heterocycles. The Morgan fingerprint density at radius 2 is 1.38 bits per heavy atom. The van der Waals surface area contributed by atoms with Crippen LogP contribution in [-0.4, -0.2) is 37.9 Å². The van der Waals surface area contributed by atoms with Gasteiger partial charge in [-0.15, -0.1) is 13.2 Å². The molecule has 7 heteroatoms. The molecule has 0 radical (unpaired) electrons. The molecule has 0 rings (SSSR count). The van der Waals surface area contributed by atoms with Gasteiger partial charge in [-0.2, -0.15) is 9.78 Å². The van der Waals surface area contributed by atoms with Crippen molar-refractivity contribution in [2.75, 3.05) is 19.8 Å². The van der Waals surface area contributed by atoms with Gasteiger partial charge in [0.2, 0.25) is 0 Å². The molecule has 0 aliphatic rings. The Labute approximate surface area is 173 Å². The highest BCUT2D eigenvalue weighted by Gasteiger charge is 2.26. The summed E-state index contributed by atoms with van der Waals surface area (Å²) < 4.78 is 5.22. The zero-order valence-corrected chi connectivity index (χ0v) is 17.4. The number of ether oxygens (including phenoxy) is 1. The molecule has 0 amide bonds. The average molecular weight is 411 g/mol. The fraction of sp³-hybridized carbons (Fsp3) is 0.545. The molecule has 0 spiro atoms. The molecule has 0 saturated heterocycles. The van der Waals surface area contributed by atoms with Gasteiger partial charge in [0, 0.05) is 6.61 Å². The molecular weight excluding hydrogens is 376 g/mol. The quantitative estimate of drug-likeness (QED) is 0.134. The molecule has 7 nitrogen and oxygen atoms in total. The third-order valence-corrected chi connectivity index (χ3v) is 3.50. The summed E-state index contributed by atoms with van der Waals surface area (Å²) in [5, 5.41) is 0. The van der Waals surface area contributed by atoms with Crippen molar-refractivity contribution in [1.82, 2.24) is 0 Å². The average Bonchev–Trinajstić information content (AvgIpc) is 2.71. The van der Waals surface area contributed by atoms with Crippen molar-refractivity contribution < 1.29 is 33.9 Å².